The van der Waals surface area contributed by atoms with E-state index in [1.54, 1.807) is 13.0 Å². The summed E-state index contributed by atoms with van der Waals surface area (Å²) in [5.74, 6) is 0. The minimum Gasteiger partial charge on any atom is -0.286 e. The Morgan fingerprint density at radius 1 is 1.46 bits per heavy atom. The molecule has 0 aromatic carbocycles. The summed E-state index contributed by atoms with van der Waals surface area (Å²) in [6.07, 6.45) is 4.45. The summed E-state index contributed by atoms with van der Waals surface area (Å²) in [5, 5.41) is 7.35. The topological polar surface area (TPSA) is 72.0 Å². The first-order valence-electron chi connectivity index (χ1n) is 3.62. The molecule has 68 valence electrons. The minimum absolute atomic E-state index is 0.213. The first kappa shape index (κ1) is 8.18. The average molecular weight is 197 g/mol. The van der Waals surface area contributed by atoms with Gasteiger partial charge in [0.25, 0.3) is 10.0 Å². The zero-order valence-electron chi connectivity index (χ0n) is 6.85. The molecule has 0 radical (unpaired) electrons. The predicted octanol–water partition coefficient (Wildman–Crippen LogP) is 0.0476. The van der Waals surface area contributed by atoms with Crippen molar-refractivity contribution in [3.05, 3.63) is 23.7 Å². The maximum absolute atomic E-state index is 11.5. The molecular formula is C7H7N3O2S. The molecule has 0 spiro atoms. The minimum atomic E-state index is -3.41. The lowest BCUT2D eigenvalue weighted by Gasteiger charge is -2.12. The Bertz CT molecular complexity index is 479. The molecule has 6 heteroatoms. The van der Waals surface area contributed by atoms with Crippen LogP contribution in [0.5, 0.6) is 0 Å². The Balaban J connectivity index is 2.84. The summed E-state index contributed by atoms with van der Waals surface area (Å²) >= 11 is 0. The molecule has 1 aromatic heterocycles. The van der Waals surface area contributed by atoms with Gasteiger partial charge in [-0.15, -0.1) is 0 Å². The molecule has 0 fully saturated rings. The van der Waals surface area contributed by atoms with Gasteiger partial charge in [0.2, 0.25) is 0 Å². The van der Waals surface area contributed by atoms with Crippen molar-refractivity contribution >= 4 is 16.1 Å². The van der Waals surface area contributed by atoms with Crippen molar-refractivity contribution in [3.8, 4) is 0 Å². The van der Waals surface area contributed by atoms with E-state index in [0.717, 1.165) is 0 Å². The van der Waals surface area contributed by atoms with Gasteiger partial charge < -0.3 is 0 Å². The van der Waals surface area contributed by atoms with E-state index in [1.807, 2.05) is 0 Å². The van der Waals surface area contributed by atoms with Crippen molar-refractivity contribution in [1.82, 2.24) is 14.9 Å². The number of nitrogens with zero attached hydrogens (tertiary/aromatic N) is 2. The van der Waals surface area contributed by atoms with Crippen LogP contribution in [-0.2, 0) is 10.0 Å². The van der Waals surface area contributed by atoms with Crippen LogP contribution < -0.4 is 4.72 Å². The standard InChI is InChI=1S/C7H7N3O2S/c1-5-7-6(4-8-10-5)2-3-9-13(7,11)12/h2-4,9H,1H3. The van der Waals surface area contributed by atoms with Gasteiger partial charge in [-0.3, -0.25) is 4.72 Å². The van der Waals surface area contributed by atoms with E-state index in [2.05, 4.69) is 14.9 Å². The molecule has 1 N–H and O–H groups in total. The van der Waals surface area contributed by atoms with E-state index in [1.165, 1.54) is 12.4 Å². The van der Waals surface area contributed by atoms with Gasteiger partial charge in [-0.25, -0.2) is 8.42 Å². The summed E-state index contributed by atoms with van der Waals surface area (Å²) in [6, 6.07) is 0. The molecule has 13 heavy (non-hydrogen) atoms. The number of aromatic nitrogens is 2. The number of fused-ring (bicyclic) bond motifs is 1. The highest BCUT2D eigenvalue weighted by Gasteiger charge is 2.22. The highest BCUT2D eigenvalue weighted by Crippen LogP contribution is 2.21. The van der Waals surface area contributed by atoms with E-state index < -0.39 is 10.0 Å². The van der Waals surface area contributed by atoms with Gasteiger partial charge in [0.1, 0.15) is 4.90 Å². The zero-order chi connectivity index (χ0) is 9.47. The molecule has 1 aliphatic heterocycles. The first-order valence-corrected chi connectivity index (χ1v) is 5.11. The van der Waals surface area contributed by atoms with E-state index in [-0.39, 0.29) is 4.90 Å². The van der Waals surface area contributed by atoms with Crippen LogP contribution in [0.4, 0.5) is 0 Å². The van der Waals surface area contributed by atoms with Crippen molar-refractivity contribution in [1.29, 1.82) is 0 Å². The highest BCUT2D eigenvalue weighted by atomic mass is 32.2. The second-order valence-electron chi connectivity index (χ2n) is 2.67. The molecule has 2 rings (SSSR count). The summed E-state index contributed by atoms with van der Waals surface area (Å²) in [7, 11) is -3.41. The van der Waals surface area contributed by atoms with Crippen LogP contribution in [0.15, 0.2) is 17.3 Å². The molecule has 0 amide bonds. The Morgan fingerprint density at radius 2 is 2.23 bits per heavy atom. The summed E-state index contributed by atoms with van der Waals surface area (Å²) < 4.78 is 25.2. The van der Waals surface area contributed by atoms with E-state index in [4.69, 9.17) is 0 Å². The Hall–Kier alpha value is -1.43. The third kappa shape index (κ3) is 1.19. The zero-order valence-corrected chi connectivity index (χ0v) is 7.67. The molecule has 1 aliphatic rings. The van der Waals surface area contributed by atoms with Crippen molar-refractivity contribution in [2.24, 2.45) is 0 Å². The molecule has 0 saturated heterocycles. The molecule has 0 atom stereocenters. The van der Waals surface area contributed by atoms with E-state index in [9.17, 15) is 8.42 Å². The van der Waals surface area contributed by atoms with Crippen LogP contribution >= 0.6 is 0 Å². The van der Waals surface area contributed by atoms with Gasteiger partial charge in [-0.05, 0) is 13.0 Å². The lowest BCUT2D eigenvalue weighted by atomic mass is 10.2. The molecule has 5 nitrogen and oxygen atoms in total. The number of hydrogen-bond acceptors (Lipinski definition) is 4. The third-order valence-corrected chi connectivity index (χ3v) is 3.27. The number of rotatable bonds is 0. The largest absolute Gasteiger partial charge is 0.286 e. The molecule has 0 saturated carbocycles. The van der Waals surface area contributed by atoms with Crippen molar-refractivity contribution in [2.45, 2.75) is 11.8 Å². The van der Waals surface area contributed by atoms with Crippen molar-refractivity contribution in [2.75, 3.05) is 0 Å². The van der Waals surface area contributed by atoms with Crippen LogP contribution in [0.1, 0.15) is 11.3 Å². The fourth-order valence-corrected chi connectivity index (χ4v) is 2.46. The summed E-state index contributed by atoms with van der Waals surface area (Å²) in [6.45, 7) is 1.62. The Morgan fingerprint density at radius 3 is 2.92 bits per heavy atom. The average Bonchev–Trinajstić information content (AvgIpc) is 2.02. The van der Waals surface area contributed by atoms with Crippen LogP contribution in [0.25, 0.3) is 6.08 Å². The molecule has 1 aromatic rings. The van der Waals surface area contributed by atoms with Crippen molar-refractivity contribution in [3.63, 3.8) is 0 Å². The van der Waals surface area contributed by atoms with Crippen LogP contribution in [-0.4, -0.2) is 18.6 Å². The third-order valence-electron chi connectivity index (χ3n) is 1.75. The number of aryl methyl sites for hydroxylation is 1. The van der Waals surface area contributed by atoms with Crippen LogP contribution in [0, 0.1) is 6.92 Å². The molecular weight excluding hydrogens is 190 g/mol. The van der Waals surface area contributed by atoms with E-state index in [0.29, 0.717) is 11.3 Å². The van der Waals surface area contributed by atoms with Gasteiger partial charge in [-0.2, -0.15) is 10.2 Å². The van der Waals surface area contributed by atoms with Crippen molar-refractivity contribution < 1.29 is 8.42 Å². The van der Waals surface area contributed by atoms with Gasteiger partial charge >= 0.3 is 0 Å². The SMILES string of the molecule is Cc1nncc2c1S(=O)(=O)NC=C2. The maximum Gasteiger partial charge on any atom is 0.263 e. The second kappa shape index (κ2) is 2.53. The molecule has 0 aliphatic carbocycles. The maximum atomic E-state index is 11.5. The lowest BCUT2D eigenvalue weighted by molar-refractivity contribution is 0.587. The fraction of sp³-hybridized carbons (Fsp3) is 0.143. The van der Waals surface area contributed by atoms with Gasteiger partial charge in [0, 0.05) is 11.8 Å². The fourth-order valence-electron chi connectivity index (χ4n) is 1.23. The Labute approximate surface area is 75.5 Å². The lowest BCUT2D eigenvalue weighted by Crippen LogP contribution is -2.23. The summed E-state index contributed by atoms with van der Waals surface area (Å²) in [5.41, 5.74) is 0.987. The quantitative estimate of drug-likeness (QED) is 0.637. The van der Waals surface area contributed by atoms with Gasteiger partial charge in [-0.1, -0.05) is 0 Å². The van der Waals surface area contributed by atoms with Gasteiger partial charge in [0.15, 0.2) is 0 Å². The highest BCUT2D eigenvalue weighted by molar-refractivity contribution is 7.89. The van der Waals surface area contributed by atoms with E-state index >= 15 is 0 Å². The second-order valence-corrected chi connectivity index (χ2v) is 4.32. The molecule has 2 heterocycles. The Kier molecular flexibility index (Phi) is 1.59. The normalized spacial score (nSPS) is 17.6. The predicted molar refractivity (Wildman–Crippen MR) is 46.1 cm³/mol. The summed E-state index contributed by atoms with van der Waals surface area (Å²) in [4.78, 5) is 0.213. The number of sulfonamides is 1. The smallest absolute Gasteiger partial charge is 0.263 e. The van der Waals surface area contributed by atoms with Gasteiger partial charge in [0.05, 0.1) is 11.9 Å². The molecule has 0 bridgehead atoms. The first-order chi connectivity index (χ1) is 6.11. The molecule has 0 unspecified atom stereocenters. The monoisotopic (exact) mass is 197 g/mol. The number of nitrogens with one attached hydrogen (secondary N) is 1. The van der Waals surface area contributed by atoms with Crippen LogP contribution in [0.3, 0.4) is 0 Å². The number of hydrogen-bond donors (Lipinski definition) is 1. The van der Waals surface area contributed by atoms with Crippen LogP contribution in [0.2, 0.25) is 0 Å².